The molecule has 1 aromatic heterocycles. The maximum Gasteiger partial charge on any atom is 0.234 e. The predicted octanol–water partition coefficient (Wildman–Crippen LogP) is -0.0978. The SMILES string of the molecule is COCCNC(=O)CN(C)CC(=O)c1cccn1C. The Morgan fingerprint density at radius 1 is 1.42 bits per heavy atom. The molecule has 19 heavy (non-hydrogen) atoms. The van der Waals surface area contributed by atoms with Crippen molar-refractivity contribution in [2.75, 3.05) is 40.4 Å². The van der Waals surface area contributed by atoms with Crippen LogP contribution < -0.4 is 5.32 Å². The molecule has 0 unspecified atom stereocenters. The molecule has 6 nitrogen and oxygen atoms in total. The Bertz CT molecular complexity index is 429. The van der Waals surface area contributed by atoms with Gasteiger partial charge in [-0.3, -0.25) is 14.5 Å². The number of nitrogens with zero attached hydrogens (tertiary/aromatic N) is 2. The molecule has 1 amide bonds. The number of aromatic nitrogens is 1. The molecule has 1 N–H and O–H groups in total. The lowest BCUT2D eigenvalue weighted by molar-refractivity contribution is -0.122. The van der Waals surface area contributed by atoms with Gasteiger partial charge in [0.05, 0.1) is 25.4 Å². The van der Waals surface area contributed by atoms with Crippen LogP contribution in [0.15, 0.2) is 18.3 Å². The van der Waals surface area contributed by atoms with Gasteiger partial charge < -0.3 is 14.6 Å². The molecule has 0 aromatic carbocycles. The van der Waals surface area contributed by atoms with E-state index in [1.165, 1.54) is 0 Å². The summed E-state index contributed by atoms with van der Waals surface area (Å²) in [6.45, 7) is 1.38. The lowest BCUT2D eigenvalue weighted by Gasteiger charge is -2.15. The second kappa shape index (κ2) is 7.70. The molecule has 106 valence electrons. The van der Waals surface area contributed by atoms with Gasteiger partial charge in [-0.05, 0) is 19.2 Å². The van der Waals surface area contributed by atoms with E-state index in [0.717, 1.165) is 0 Å². The second-order valence-electron chi connectivity index (χ2n) is 4.44. The van der Waals surface area contributed by atoms with Gasteiger partial charge in [0, 0.05) is 26.9 Å². The number of carbonyl (C=O) groups excluding carboxylic acids is 2. The van der Waals surface area contributed by atoms with Gasteiger partial charge in [-0.15, -0.1) is 0 Å². The summed E-state index contributed by atoms with van der Waals surface area (Å²) in [5.41, 5.74) is 0.645. The van der Waals surface area contributed by atoms with Gasteiger partial charge in [0.15, 0.2) is 5.78 Å². The van der Waals surface area contributed by atoms with Crippen LogP contribution in [0.3, 0.4) is 0 Å². The summed E-state index contributed by atoms with van der Waals surface area (Å²) < 4.78 is 6.61. The fourth-order valence-corrected chi connectivity index (χ4v) is 1.73. The van der Waals surface area contributed by atoms with E-state index < -0.39 is 0 Å². The van der Waals surface area contributed by atoms with Crippen LogP contribution in [0, 0.1) is 0 Å². The first-order valence-corrected chi connectivity index (χ1v) is 6.13. The number of aryl methyl sites for hydroxylation is 1. The first-order valence-electron chi connectivity index (χ1n) is 6.13. The maximum absolute atomic E-state index is 12.0. The number of amides is 1. The third-order valence-electron chi connectivity index (χ3n) is 2.68. The lowest BCUT2D eigenvalue weighted by Crippen LogP contribution is -2.38. The van der Waals surface area contributed by atoms with Crippen molar-refractivity contribution < 1.29 is 14.3 Å². The average molecular weight is 267 g/mol. The summed E-state index contributed by atoms with van der Waals surface area (Å²) in [7, 11) is 5.15. The Morgan fingerprint density at radius 2 is 2.16 bits per heavy atom. The molecule has 0 spiro atoms. The molecule has 0 bridgehead atoms. The Labute approximate surface area is 113 Å². The smallest absolute Gasteiger partial charge is 0.234 e. The highest BCUT2D eigenvalue weighted by Crippen LogP contribution is 2.01. The van der Waals surface area contributed by atoms with Crippen LogP contribution in [-0.2, 0) is 16.6 Å². The van der Waals surface area contributed by atoms with Crippen LogP contribution in [0.1, 0.15) is 10.5 Å². The number of Topliss-reactive ketones (excluding diaryl/α,β-unsaturated/α-hetero) is 1. The number of hydrogen-bond acceptors (Lipinski definition) is 4. The van der Waals surface area contributed by atoms with Crippen LogP contribution in [-0.4, -0.2) is 61.6 Å². The lowest BCUT2D eigenvalue weighted by atomic mass is 10.2. The molecule has 0 fully saturated rings. The van der Waals surface area contributed by atoms with Crippen molar-refractivity contribution in [2.45, 2.75) is 0 Å². The molecule has 1 rings (SSSR count). The number of methoxy groups -OCH3 is 1. The molecule has 1 heterocycles. The number of likely N-dealkylation sites (N-methyl/N-ethyl adjacent to an activating group) is 1. The molecule has 1 aromatic rings. The molecule has 0 saturated heterocycles. The standard InChI is InChI=1S/C13H21N3O3/c1-15(10-13(18)14-6-8-19-3)9-12(17)11-5-4-7-16(11)2/h4-5,7H,6,8-10H2,1-3H3,(H,14,18). The van der Waals surface area contributed by atoms with Gasteiger partial charge in [-0.25, -0.2) is 0 Å². The van der Waals surface area contributed by atoms with E-state index in [9.17, 15) is 9.59 Å². The first-order chi connectivity index (χ1) is 9.04. The van der Waals surface area contributed by atoms with Crippen molar-refractivity contribution in [3.63, 3.8) is 0 Å². The molecular weight excluding hydrogens is 246 g/mol. The highest BCUT2D eigenvalue weighted by molar-refractivity contribution is 5.96. The zero-order valence-electron chi connectivity index (χ0n) is 11.7. The van der Waals surface area contributed by atoms with Crippen molar-refractivity contribution >= 4 is 11.7 Å². The summed E-state index contributed by atoms with van der Waals surface area (Å²) >= 11 is 0. The Kier molecular flexibility index (Phi) is 6.24. The maximum atomic E-state index is 12.0. The Morgan fingerprint density at radius 3 is 2.74 bits per heavy atom. The minimum absolute atomic E-state index is 0.000286. The zero-order chi connectivity index (χ0) is 14.3. The third-order valence-corrected chi connectivity index (χ3v) is 2.68. The highest BCUT2D eigenvalue weighted by Gasteiger charge is 2.13. The van der Waals surface area contributed by atoms with E-state index in [1.807, 2.05) is 19.3 Å². The molecule has 0 aliphatic heterocycles. The van der Waals surface area contributed by atoms with Crippen LogP contribution in [0.25, 0.3) is 0 Å². The number of nitrogens with one attached hydrogen (secondary N) is 1. The van der Waals surface area contributed by atoms with Crippen LogP contribution in [0.4, 0.5) is 0 Å². The van der Waals surface area contributed by atoms with Gasteiger partial charge in [0.2, 0.25) is 5.91 Å². The van der Waals surface area contributed by atoms with Crippen LogP contribution >= 0.6 is 0 Å². The highest BCUT2D eigenvalue weighted by atomic mass is 16.5. The van der Waals surface area contributed by atoms with E-state index in [2.05, 4.69) is 5.32 Å². The van der Waals surface area contributed by atoms with Gasteiger partial charge in [-0.2, -0.15) is 0 Å². The van der Waals surface area contributed by atoms with E-state index in [-0.39, 0.29) is 24.8 Å². The largest absolute Gasteiger partial charge is 0.383 e. The molecule has 0 aliphatic carbocycles. The molecule has 0 saturated carbocycles. The number of hydrogen-bond donors (Lipinski definition) is 1. The first kappa shape index (κ1) is 15.4. The fourth-order valence-electron chi connectivity index (χ4n) is 1.73. The zero-order valence-corrected chi connectivity index (χ0v) is 11.7. The van der Waals surface area contributed by atoms with E-state index >= 15 is 0 Å². The van der Waals surface area contributed by atoms with Gasteiger partial charge in [0.25, 0.3) is 0 Å². The van der Waals surface area contributed by atoms with E-state index in [1.54, 1.807) is 29.7 Å². The number of rotatable bonds is 8. The predicted molar refractivity (Wildman–Crippen MR) is 72.1 cm³/mol. The summed E-state index contributed by atoms with van der Waals surface area (Å²) in [5, 5.41) is 2.71. The molecule has 0 radical (unpaired) electrons. The quantitative estimate of drug-likeness (QED) is 0.528. The van der Waals surface area contributed by atoms with Gasteiger partial charge in [-0.1, -0.05) is 0 Å². The monoisotopic (exact) mass is 267 g/mol. The van der Waals surface area contributed by atoms with Gasteiger partial charge in [0.1, 0.15) is 0 Å². The molecular formula is C13H21N3O3. The number of ketones is 1. The number of ether oxygens (including phenoxy) is 1. The van der Waals surface area contributed by atoms with Crippen molar-refractivity contribution in [1.29, 1.82) is 0 Å². The van der Waals surface area contributed by atoms with E-state index in [4.69, 9.17) is 4.74 Å². The summed E-state index contributed by atoms with van der Waals surface area (Å²) in [6, 6.07) is 3.60. The minimum Gasteiger partial charge on any atom is -0.383 e. The summed E-state index contributed by atoms with van der Waals surface area (Å²) in [4.78, 5) is 25.2. The van der Waals surface area contributed by atoms with Crippen LogP contribution in [0.5, 0.6) is 0 Å². The fraction of sp³-hybridized carbons (Fsp3) is 0.538. The third kappa shape index (κ3) is 5.23. The van der Waals surface area contributed by atoms with Gasteiger partial charge >= 0.3 is 0 Å². The van der Waals surface area contributed by atoms with Crippen molar-refractivity contribution in [3.8, 4) is 0 Å². The minimum atomic E-state index is -0.112. The average Bonchev–Trinajstić information content (AvgIpc) is 2.75. The van der Waals surface area contributed by atoms with Crippen LogP contribution in [0.2, 0.25) is 0 Å². The summed E-state index contributed by atoms with van der Waals surface area (Å²) in [6.07, 6.45) is 1.82. The Hall–Kier alpha value is -1.66. The number of carbonyl (C=O) groups is 2. The van der Waals surface area contributed by atoms with E-state index in [0.29, 0.717) is 18.8 Å². The topological polar surface area (TPSA) is 63.6 Å². The van der Waals surface area contributed by atoms with Crippen molar-refractivity contribution in [2.24, 2.45) is 7.05 Å². The van der Waals surface area contributed by atoms with Crippen molar-refractivity contribution in [3.05, 3.63) is 24.0 Å². The molecule has 0 atom stereocenters. The normalized spacial score (nSPS) is 10.7. The second-order valence-corrected chi connectivity index (χ2v) is 4.44. The molecule has 0 aliphatic rings. The summed E-state index contributed by atoms with van der Waals surface area (Å²) in [5.74, 6) is -0.112. The molecule has 6 heteroatoms. The van der Waals surface area contributed by atoms with Crippen molar-refractivity contribution in [1.82, 2.24) is 14.8 Å². The Balaban J connectivity index is 2.35.